The number of carbonyl (C=O) groups is 2. The molecule has 6 heteroatoms. The third-order valence-electron chi connectivity index (χ3n) is 3.48. The molecular weight excluding hydrogens is 336 g/mol. The molecule has 5 nitrogen and oxygen atoms in total. The van der Waals surface area contributed by atoms with Gasteiger partial charge in [0.1, 0.15) is 6.61 Å². The highest BCUT2D eigenvalue weighted by Crippen LogP contribution is 2.15. The lowest BCUT2D eigenvalue weighted by Gasteiger charge is -2.22. The Morgan fingerprint density at radius 1 is 1.19 bits per heavy atom. The molecule has 1 aliphatic rings. The van der Waals surface area contributed by atoms with Crippen molar-refractivity contribution in [2.45, 2.75) is 6.42 Å². The maximum Gasteiger partial charge on any atom is 0.253 e. The smallest absolute Gasteiger partial charge is 0.253 e. The quantitative estimate of drug-likeness (QED) is 0.831. The van der Waals surface area contributed by atoms with Crippen LogP contribution < -0.4 is 0 Å². The van der Waals surface area contributed by atoms with Gasteiger partial charge in [-0.1, -0.05) is 22.0 Å². The standard InChI is InChI=1S/C15H19BrN2O3/c1-21-11-14(19)17-6-3-7-18(9-8-17)15(20)12-4-2-5-13(16)10-12/h2,4-5,10H,3,6-9,11H2,1H3. The fraction of sp³-hybridized carbons (Fsp3) is 0.467. The molecule has 0 aliphatic carbocycles. The number of ether oxygens (including phenoxy) is 1. The zero-order valence-electron chi connectivity index (χ0n) is 12.0. The number of benzene rings is 1. The first-order valence-electron chi connectivity index (χ1n) is 6.93. The van der Waals surface area contributed by atoms with Gasteiger partial charge in [0.2, 0.25) is 5.91 Å². The molecule has 0 spiro atoms. The van der Waals surface area contributed by atoms with Gasteiger partial charge >= 0.3 is 0 Å². The molecule has 1 aromatic rings. The number of methoxy groups -OCH3 is 1. The van der Waals surface area contributed by atoms with Gasteiger partial charge in [0, 0.05) is 43.3 Å². The molecule has 0 radical (unpaired) electrons. The third-order valence-corrected chi connectivity index (χ3v) is 3.97. The van der Waals surface area contributed by atoms with Gasteiger partial charge in [-0.2, -0.15) is 0 Å². The average Bonchev–Trinajstić information content (AvgIpc) is 2.72. The number of nitrogens with zero attached hydrogens (tertiary/aromatic N) is 2. The first-order chi connectivity index (χ1) is 10.1. The second kappa shape index (κ2) is 7.56. The lowest BCUT2D eigenvalue weighted by Crippen LogP contribution is -2.38. The SMILES string of the molecule is COCC(=O)N1CCCN(C(=O)c2cccc(Br)c2)CC1. The van der Waals surface area contributed by atoms with E-state index in [1.807, 2.05) is 29.2 Å². The summed E-state index contributed by atoms with van der Waals surface area (Å²) in [4.78, 5) is 27.9. The summed E-state index contributed by atoms with van der Waals surface area (Å²) in [6.45, 7) is 2.55. The van der Waals surface area contributed by atoms with Crippen LogP contribution in [-0.4, -0.2) is 61.5 Å². The zero-order valence-corrected chi connectivity index (χ0v) is 13.6. The molecule has 1 heterocycles. The summed E-state index contributed by atoms with van der Waals surface area (Å²) in [6.07, 6.45) is 0.787. The molecule has 0 bridgehead atoms. The Labute approximate surface area is 133 Å². The van der Waals surface area contributed by atoms with Crippen LogP contribution >= 0.6 is 15.9 Å². The van der Waals surface area contributed by atoms with E-state index < -0.39 is 0 Å². The molecule has 114 valence electrons. The van der Waals surface area contributed by atoms with Gasteiger partial charge in [0.05, 0.1) is 0 Å². The number of rotatable bonds is 3. The van der Waals surface area contributed by atoms with Gasteiger partial charge in [-0.25, -0.2) is 0 Å². The van der Waals surface area contributed by atoms with Crippen molar-refractivity contribution < 1.29 is 14.3 Å². The van der Waals surface area contributed by atoms with Crippen LogP contribution in [-0.2, 0) is 9.53 Å². The molecule has 0 aromatic heterocycles. The summed E-state index contributed by atoms with van der Waals surface area (Å²) >= 11 is 3.38. The van der Waals surface area contributed by atoms with E-state index in [9.17, 15) is 9.59 Å². The van der Waals surface area contributed by atoms with E-state index in [0.29, 0.717) is 31.7 Å². The van der Waals surface area contributed by atoms with Crippen molar-refractivity contribution in [1.29, 1.82) is 0 Å². The Morgan fingerprint density at radius 2 is 1.90 bits per heavy atom. The normalized spacial score (nSPS) is 15.7. The van der Waals surface area contributed by atoms with Crippen molar-refractivity contribution in [3.8, 4) is 0 Å². The van der Waals surface area contributed by atoms with Gasteiger partial charge in [0.15, 0.2) is 0 Å². The average molecular weight is 355 g/mol. The number of halogens is 1. The van der Waals surface area contributed by atoms with E-state index >= 15 is 0 Å². The van der Waals surface area contributed by atoms with Gasteiger partial charge in [-0.3, -0.25) is 9.59 Å². The van der Waals surface area contributed by atoms with Gasteiger partial charge in [0.25, 0.3) is 5.91 Å². The van der Waals surface area contributed by atoms with E-state index in [1.54, 1.807) is 4.90 Å². The van der Waals surface area contributed by atoms with Crippen molar-refractivity contribution in [1.82, 2.24) is 9.80 Å². The van der Waals surface area contributed by atoms with Crippen molar-refractivity contribution in [2.24, 2.45) is 0 Å². The molecule has 2 amide bonds. The minimum Gasteiger partial charge on any atom is -0.375 e. The van der Waals surface area contributed by atoms with E-state index in [-0.39, 0.29) is 18.4 Å². The maximum atomic E-state index is 12.5. The molecule has 1 aromatic carbocycles. The van der Waals surface area contributed by atoms with Gasteiger partial charge in [-0.05, 0) is 24.6 Å². The van der Waals surface area contributed by atoms with E-state index in [2.05, 4.69) is 15.9 Å². The first-order valence-corrected chi connectivity index (χ1v) is 7.72. The summed E-state index contributed by atoms with van der Waals surface area (Å²) in [7, 11) is 1.51. The highest BCUT2D eigenvalue weighted by Gasteiger charge is 2.22. The van der Waals surface area contributed by atoms with Crippen LogP contribution in [0.4, 0.5) is 0 Å². The molecule has 0 N–H and O–H groups in total. The predicted octanol–water partition coefficient (Wildman–Crippen LogP) is 1.77. The highest BCUT2D eigenvalue weighted by molar-refractivity contribution is 9.10. The minimum absolute atomic E-state index is 0.0114. The minimum atomic E-state index is -0.0192. The molecule has 0 unspecified atom stereocenters. The Morgan fingerprint density at radius 3 is 2.62 bits per heavy atom. The van der Waals surface area contributed by atoms with Crippen LogP contribution in [0.2, 0.25) is 0 Å². The predicted molar refractivity (Wildman–Crippen MR) is 83.1 cm³/mol. The topological polar surface area (TPSA) is 49.9 Å². The Bertz CT molecular complexity index is 521. The summed E-state index contributed by atoms with van der Waals surface area (Å²) < 4.78 is 5.77. The summed E-state index contributed by atoms with van der Waals surface area (Å²) in [6, 6.07) is 7.38. The maximum absolute atomic E-state index is 12.5. The molecule has 2 rings (SSSR count). The summed E-state index contributed by atoms with van der Waals surface area (Å²) in [5.41, 5.74) is 0.668. The van der Waals surface area contributed by atoms with Crippen LogP contribution in [0.1, 0.15) is 16.8 Å². The monoisotopic (exact) mass is 354 g/mol. The van der Waals surface area contributed by atoms with E-state index in [4.69, 9.17) is 4.74 Å². The first kappa shape index (κ1) is 16.0. The molecule has 0 atom stereocenters. The second-order valence-electron chi connectivity index (χ2n) is 4.97. The second-order valence-corrected chi connectivity index (χ2v) is 5.89. The van der Waals surface area contributed by atoms with Crippen LogP contribution in [0.3, 0.4) is 0 Å². The zero-order chi connectivity index (χ0) is 15.2. The van der Waals surface area contributed by atoms with Gasteiger partial charge in [-0.15, -0.1) is 0 Å². The Balaban J connectivity index is 1.99. The molecule has 0 saturated carbocycles. The lowest BCUT2D eigenvalue weighted by molar-refractivity contribution is -0.135. The Hall–Kier alpha value is -1.40. The fourth-order valence-electron chi connectivity index (χ4n) is 2.39. The van der Waals surface area contributed by atoms with E-state index in [0.717, 1.165) is 10.9 Å². The number of amides is 2. The van der Waals surface area contributed by atoms with Crippen molar-refractivity contribution >= 4 is 27.7 Å². The van der Waals surface area contributed by atoms with Crippen molar-refractivity contribution in [3.05, 3.63) is 34.3 Å². The molecule has 21 heavy (non-hydrogen) atoms. The molecular formula is C15H19BrN2O3. The van der Waals surface area contributed by atoms with Crippen molar-refractivity contribution in [2.75, 3.05) is 39.9 Å². The molecule has 1 saturated heterocycles. The summed E-state index contributed by atoms with van der Waals surface area (Å²) in [5, 5.41) is 0. The summed E-state index contributed by atoms with van der Waals surface area (Å²) in [5.74, 6) is -0.00778. The van der Waals surface area contributed by atoms with Crippen LogP contribution in [0.25, 0.3) is 0 Å². The van der Waals surface area contributed by atoms with Crippen LogP contribution in [0, 0.1) is 0 Å². The highest BCUT2D eigenvalue weighted by atomic mass is 79.9. The molecule has 1 fully saturated rings. The number of carbonyl (C=O) groups excluding carboxylic acids is 2. The number of hydrogen-bond acceptors (Lipinski definition) is 3. The van der Waals surface area contributed by atoms with Crippen LogP contribution in [0.15, 0.2) is 28.7 Å². The number of hydrogen-bond donors (Lipinski definition) is 0. The fourth-order valence-corrected chi connectivity index (χ4v) is 2.79. The van der Waals surface area contributed by atoms with E-state index in [1.165, 1.54) is 7.11 Å². The largest absolute Gasteiger partial charge is 0.375 e. The van der Waals surface area contributed by atoms with Gasteiger partial charge < -0.3 is 14.5 Å². The van der Waals surface area contributed by atoms with Crippen molar-refractivity contribution in [3.63, 3.8) is 0 Å². The van der Waals surface area contributed by atoms with Crippen LogP contribution in [0.5, 0.6) is 0 Å². The molecule has 1 aliphatic heterocycles. The lowest BCUT2D eigenvalue weighted by atomic mass is 10.2. The third kappa shape index (κ3) is 4.28. The Kier molecular flexibility index (Phi) is 5.76.